The van der Waals surface area contributed by atoms with Crippen LogP contribution in [0.15, 0.2) is 53.5 Å². The zero-order chi connectivity index (χ0) is 22.5. The van der Waals surface area contributed by atoms with Gasteiger partial charge < -0.3 is 15.2 Å². The van der Waals surface area contributed by atoms with Gasteiger partial charge >= 0.3 is 0 Å². The van der Waals surface area contributed by atoms with Gasteiger partial charge in [0.25, 0.3) is 5.56 Å². The van der Waals surface area contributed by atoms with Crippen LogP contribution >= 0.6 is 0 Å². The summed E-state index contributed by atoms with van der Waals surface area (Å²) in [6, 6.07) is 13.8. The lowest BCUT2D eigenvalue weighted by atomic mass is 10.2. The molecule has 0 radical (unpaired) electrons. The Morgan fingerprint density at radius 1 is 1.06 bits per heavy atom. The fourth-order valence-corrected chi connectivity index (χ4v) is 3.69. The van der Waals surface area contributed by atoms with E-state index in [4.69, 9.17) is 0 Å². The van der Waals surface area contributed by atoms with E-state index < -0.39 is 0 Å². The summed E-state index contributed by atoms with van der Waals surface area (Å²) in [5.41, 5.74) is 3.10. The minimum absolute atomic E-state index is 0.0414. The molecule has 8 heteroatoms. The molecule has 0 spiro atoms. The van der Waals surface area contributed by atoms with Gasteiger partial charge in [-0.15, -0.1) is 0 Å². The molecule has 1 aromatic carbocycles. The summed E-state index contributed by atoms with van der Waals surface area (Å²) in [7, 11) is 0. The number of pyridine rings is 1. The molecule has 3 aromatic rings. The van der Waals surface area contributed by atoms with E-state index in [0.717, 1.165) is 48.8 Å². The molecule has 3 heterocycles. The second-order valence-corrected chi connectivity index (χ2v) is 8.06. The number of aromatic nitrogens is 3. The second kappa shape index (κ2) is 9.74. The number of benzene rings is 1. The normalized spacial score (nSPS) is 14.4. The number of rotatable bonds is 6. The predicted molar refractivity (Wildman–Crippen MR) is 125 cm³/mol. The Kier molecular flexibility index (Phi) is 6.61. The number of aromatic amines is 1. The Labute approximate surface area is 187 Å². The summed E-state index contributed by atoms with van der Waals surface area (Å²) >= 11 is 0. The Morgan fingerprint density at radius 2 is 1.81 bits per heavy atom. The maximum Gasteiger partial charge on any atom is 0.254 e. The maximum absolute atomic E-state index is 12.3. The highest BCUT2D eigenvalue weighted by Gasteiger charge is 2.20. The summed E-state index contributed by atoms with van der Waals surface area (Å²) in [4.78, 5) is 40.5. The number of anilines is 1. The maximum atomic E-state index is 12.3. The van der Waals surface area contributed by atoms with Crippen LogP contribution in [0.2, 0.25) is 0 Å². The number of hydrogen-bond acceptors (Lipinski definition) is 6. The summed E-state index contributed by atoms with van der Waals surface area (Å²) in [5, 5.41) is 2.98. The van der Waals surface area contributed by atoms with Crippen LogP contribution in [0.3, 0.4) is 0 Å². The lowest BCUT2D eigenvalue weighted by Gasteiger charge is -2.35. The molecule has 32 heavy (non-hydrogen) atoms. The van der Waals surface area contributed by atoms with Crippen LogP contribution in [-0.4, -0.2) is 58.5 Å². The SMILES string of the molecule is Cc1nc(-c2ccc(N3CCN(CC(=O)NCc4ccccc4)CC3)nc2)[nH]c(=O)c1C. The first-order valence-corrected chi connectivity index (χ1v) is 10.8. The summed E-state index contributed by atoms with van der Waals surface area (Å²) in [6.45, 7) is 7.75. The third kappa shape index (κ3) is 5.20. The number of nitrogens with zero attached hydrogens (tertiary/aromatic N) is 4. The molecule has 1 amide bonds. The van der Waals surface area contributed by atoms with Crippen LogP contribution in [0.1, 0.15) is 16.8 Å². The van der Waals surface area contributed by atoms with Gasteiger partial charge in [0.2, 0.25) is 5.91 Å². The van der Waals surface area contributed by atoms with Gasteiger partial charge in [0.15, 0.2) is 0 Å². The first-order valence-electron chi connectivity index (χ1n) is 10.8. The van der Waals surface area contributed by atoms with Gasteiger partial charge in [-0.1, -0.05) is 30.3 Å². The molecular weight excluding hydrogens is 404 g/mol. The fourth-order valence-electron chi connectivity index (χ4n) is 3.69. The Balaban J connectivity index is 1.28. The molecule has 0 bridgehead atoms. The topological polar surface area (TPSA) is 94.2 Å². The fraction of sp³-hybridized carbons (Fsp3) is 0.333. The molecule has 1 fully saturated rings. The van der Waals surface area contributed by atoms with Crippen molar-refractivity contribution in [2.75, 3.05) is 37.6 Å². The molecule has 1 aliphatic heterocycles. The van der Waals surface area contributed by atoms with Crippen molar-refractivity contribution in [2.45, 2.75) is 20.4 Å². The van der Waals surface area contributed by atoms with Gasteiger partial charge in [-0.25, -0.2) is 9.97 Å². The number of carbonyl (C=O) groups excluding carboxylic acids is 1. The zero-order valence-electron chi connectivity index (χ0n) is 18.5. The monoisotopic (exact) mass is 432 g/mol. The number of nitrogens with one attached hydrogen (secondary N) is 2. The second-order valence-electron chi connectivity index (χ2n) is 8.06. The molecular formula is C24H28N6O2. The van der Waals surface area contributed by atoms with Crippen LogP contribution in [0.5, 0.6) is 0 Å². The predicted octanol–water partition coefficient (Wildman–Crippen LogP) is 1.89. The largest absolute Gasteiger partial charge is 0.354 e. The number of carbonyl (C=O) groups is 1. The van der Waals surface area contributed by atoms with Crippen molar-refractivity contribution >= 4 is 11.7 Å². The van der Waals surface area contributed by atoms with Gasteiger partial charge in [-0.2, -0.15) is 0 Å². The molecule has 166 valence electrons. The molecule has 4 rings (SSSR count). The number of amides is 1. The van der Waals surface area contributed by atoms with Crippen LogP contribution in [0, 0.1) is 13.8 Å². The molecule has 0 unspecified atom stereocenters. The first-order chi connectivity index (χ1) is 15.5. The highest BCUT2D eigenvalue weighted by molar-refractivity contribution is 5.78. The van der Waals surface area contributed by atoms with E-state index in [-0.39, 0.29) is 11.5 Å². The van der Waals surface area contributed by atoms with Crippen molar-refractivity contribution in [2.24, 2.45) is 0 Å². The molecule has 0 saturated carbocycles. The summed E-state index contributed by atoms with van der Waals surface area (Å²) < 4.78 is 0. The van der Waals surface area contributed by atoms with Crippen molar-refractivity contribution in [3.8, 4) is 11.4 Å². The van der Waals surface area contributed by atoms with Crippen LogP contribution in [-0.2, 0) is 11.3 Å². The molecule has 1 saturated heterocycles. The lowest BCUT2D eigenvalue weighted by molar-refractivity contribution is -0.122. The Hall–Kier alpha value is -3.52. The van der Waals surface area contributed by atoms with Crippen LogP contribution in [0.25, 0.3) is 11.4 Å². The summed E-state index contributed by atoms with van der Waals surface area (Å²) in [5.74, 6) is 1.45. The van der Waals surface area contributed by atoms with Gasteiger partial charge in [0.05, 0.1) is 6.54 Å². The molecule has 2 aromatic heterocycles. The van der Waals surface area contributed by atoms with Crippen molar-refractivity contribution in [1.29, 1.82) is 0 Å². The zero-order valence-corrected chi connectivity index (χ0v) is 18.5. The quantitative estimate of drug-likeness (QED) is 0.618. The van der Waals surface area contributed by atoms with Crippen molar-refractivity contribution in [1.82, 2.24) is 25.2 Å². The average Bonchev–Trinajstić information content (AvgIpc) is 2.82. The number of piperazine rings is 1. The van der Waals surface area contributed by atoms with E-state index in [1.807, 2.05) is 49.4 Å². The minimum atomic E-state index is -0.125. The van der Waals surface area contributed by atoms with E-state index in [1.54, 1.807) is 13.1 Å². The average molecular weight is 433 g/mol. The van der Waals surface area contributed by atoms with E-state index >= 15 is 0 Å². The van der Waals surface area contributed by atoms with E-state index in [9.17, 15) is 9.59 Å². The van der Waals surface area contributed by atoms with Gasteiger partial charge in [-0.3, -0.25) is 14.5 Å². The highest BCUT2D eigenvalue weighted by atomic mass is 16.2. The van der Waals surface area contributed by atoms with Gasteiger partial charge in [-0.05, 0) is 31.5 Å². The molecule has 0 aliphatic carbocycles. The van der Waals surface area contributed by atoms with Crippen LogP contribution in [0.4, 0.5) is 5.82 Å². The molecule has 2 N–H and O–H groups in total. The Morgan fingerprint density at radius 3 is 2.47 bits per heavy atom. The van der Waals surface area contributed by atoms with Crippen molar-refractivity contribution in [3.05, 3.63) is 75.8 Å². The van der Waals surface area contributed by atoms with Crippen LogP contribution < -0.4 is 15.8 Å². The van der Waals surface area contributed by atoms with E-state index in [2.05, 4.69) is 30.1 Å². The van der Waals surface area contributed by atoms with Gasteiger partial charge in [0, 0.05) is 55.7 Å². The lowest BCUT2D eigenvalue weighted by Crippen LogP contribution is -2.49. The molecule has 8 nitrogen and oxygen atoms in total. The first kappa shape index (κ1) is 21.7. The Bertz CT molecular complexity index is 1120. The van der Waals surface area contributed by atoms with Crippen molar-refractivity contribution < 1.29 is 4.79 Å². The third-order valence-electron chi connectivity index (χ3n) is 5.81. The van der Waals surface area contributed by atoms with Crippen molar-refractivity contribution in [3.63, 3.8) is 0 Å². The van der Waals surface area contributed by atoms with Gasteiger partial charge in [0.1, 0.15) is 11.6 Å². The standard InChI is InChI=1S/C24H28N6O2/c1-17-18(2)27-23(28-24(17)32)20-8-9-21(25-15-20)30-12-10-29(11-13-30)16-22(31)26-14-19-6-4-3-5-7-19/h3-9,15H,10-14,16H2,1-2H3,(H,26,31)(H,27,28,32). The highest BCUT2D eigenvalue weighted by Crippen LogP contribution is 2.19. The minimum Gasteiger partial charge on any atom is -0.354 e. The third-order valence-corrected chi connectivity index (χ3v) is 5.81. The summed E-state index contributed by atoms with van der Waals surface area (Å²) in [6.07, 6.45) is 1.74. The molecule has 1 aliphatic rings. The molecule has 0 atom stereocenters. The smallest absolute Gasteiger partial charge is 0.254 e. The number of aryl methyl sites for hydroxylation is 1. The van der Waals surface area contributed by atoms with E-state index in [1.165, 1.54) is 0 Å². The number of hydrogen-bond donors (Lipinski definition) is 2. The number of H-pyrrole nitrogens is 1. The van der Waals surface area contributed by atoms with E-state index in [0.29, 0.717) is 24.5 Å².